The molecule has 24 heavy (non-hydrogen) atoms. The number of rotatable bonds is 4. The van der Waals surface area contributed by atoms with E-state index in [9.17, 15) is 4.79 Å². The van der Waals surface area contributed by atoms with Crippen LogP contribution in [-0.2, 0) is 11.2 Å². The molecular weight excluding hydrogens is 302 g/mol. The van der Waals surface area contributed by atoms with Gasteiger partial charge in [-0.2, -0.15) is 0 Å². The third kappa shape index (κ3) is 3.53. The fraction of sp³-hybridized carbons (Fsp3) is 0.350. The lowest BCUT2D eigenvalue weighted by atomic mass is 10.0. The monoisotopic (exact) mass is 325 g/mol. The fourth-order valence-electron chi connectivity index (χ4n) is 3.06. The van der Waals surface area contributed by atoms with Crippen LogP contribution < -0.4 is 9.47 Å². The number of ether oxygens (including phenoxy) is 2. The number of nitrogens with zero attached hydrogens (tertiary/aromatic N) is 1. The van der Waals surface area contributed by atoms with Crippen LogP contribution in [-0.4, -0.2) is 30.6 Å². The summed E-state index contributed by atoms with van der Waals surface area (Å²) in [7, 11) is 0. The van der Waals surface area contributed by atoms with E-state index < -0.39 is 0 Å². The van der Waals surface area contributed by atoms with Gasteiger partial charge in [0, 0.05) is 5.56 Å². The predicted molar refractivity (Wildman–Crippen MR) is 93.4 cm³/mol. The van der Waals surface area contributed by atoms with Gasteiger partial charge in [0.1, 0.15) is 18.1 Å². The maximum atomic E-state index is 12.8. The van der Waals surface area contributed by atoms with Gasteiger partial charge in [0.25, 0.3) is 0 Å². The standard InChI is InChI=1S/C20H23NO3/c1-3-23-17-10-8-16(9-11-17)14-20(22)21-12-13-24-19-7-5-4-6-18(19)15(21)2/h4-11,15H,3,12-14H2,1-2H3. The van der Waals surface area contributed by atoms with Gasteiger partial charge in [-0.15, -0.1) is 0 Å². The molecule has 0 bridgehead atoms. The van der Waals surface area contributed by atoms with Crippen molar-refractivity contribution in [3.8, 4) is 11.5 Å². The zero-order valence-electron chi connectivity index (χ0n) is 14.2. The van der Waals surface area contributed by atoms with Crippen LogP contribution in [0.2, 0.25) is 0 Å². The molecule has 1 heterocycles. The zero-order chi connectivity index (χ0) is 16.9. The second-order valence-corrected chi connectivity index (χ2v) is 5.90. The van der Waals surface area contributed by atoms with Gasteiger partial charge in [0.15, 0.2) is 0 Å². The van der Waals surface area contributed by atoms with Crippen LogP contribution in [0, 0.1) is 0 Å². The second-order valence-electron chi connectivity index (χ2n) is 5.90. The molecule has 4 heteroatoms. The molecular formula is C20H23NO3. The molecule has 2 aromatic rings. The highest BCUT2D eigenvalue weighted by Gasteiger charge is 2.26. The molecule has 1 aliphatic heterocycles. The smallest absolute Gasteiger partial charge is 0.227 e. The highest BCUT2D eigenvalue weighted by molar-refractivity contribution is 5.79. The first kappa shape index (κ1) is 16.4. The third-order valence-corrected chi connectivity index (χ3v) is 4.34. The Kier molecular flexibility index (Phi) is 5.04. The Bertz CT molecular complexity index is 696. The van der Waals surface area contributed by atoms with Gasteiger partial charge in [-0.1, -0.05) is 30.3 Å². The van der Waals surface area contributed by atoms with Gasteiger partial charge >= 0.3 is 0 Å². The highest BCUT2D eigenvalue weighted by Crippen LogP contribution is 2.31. The molecule has 4 nitrogen and oxygen atoms in total. The normalized spacial score (nSPS) is 16.8. The van der Waals surface area contributed by atoms with Crippen LogP contribution in [0.15, 0.2) is 48.5 Å². The van der Waals surface area contributed by atoms with Crippen molar-refractivity contribution in [1.29, 1.82) is 0 Å². The van der Waals surface area contributed by atoms with Crippen molar-refractivity contribution in [1.82, 2.24) is 4.90 Å². The SMILES string of the molecule is CCOc1ccc(CC(=O)N2CCOc3ccccc3C2C)cc1. The maximum absolute atomic E-state index is 12.8. The zero-order valence-corrected chi connectivity index (χ0v) is 14.2. The fourth-order valence-corrected chi connectivity index (χ4v) is 3.06. The summed E-state index contributed by atoms with van der Waals surface area (Å²) in [5, 5.41) is 0. The van der Waals surface area contributed by atoms with Crippen molar-refractivity contribution in [2.45, 2.75) is 26.3 Å². The van der Waals surface area contributed by atoms with Crippen molar-refractivity contribution >= 4 is 5.91 Å². The summed E-state index contributed by atoms with van der Waals surface area (Å²) in [5.74, 6) is 1.83. The first-order valence-corrected chi connectivity index (χ1v) is 8.42. The molecule has 0 saturated carbocycles. The van der Waals surface area contributed by atoms with Crippen LogP contribution in [0.3, 0.4) is 0 Å². The minimum Gasteiger partial charge on any atom is -0.494 e. The van der Waals surface area contributed by atoms with Gasteiger partial charge in [-0.3, -0.25) is 4.79 Å². The number of carbonyl (C=O) groups excluding carboxylic acids is 1. The van der Waals surface area contributed by atoms with Crippen LogP contribution in [0.1, 0.15) is 31.0 Å². The Balaban J connectivity index is 1.72. The molecule has 0 saturated heterocycles. The maximum Gasteiger partial charge on any atom is 0.227 e. The largest absolute Gasteiger partial charge is 0.494 e. The molecule has 0 fully saturated rings. The van der Waals surface area contributed by atoms with Gasteiger partial charge in [0.05, 0.1) is 25.6 Å². The topological polar surface area (TPSA) is 38.8 Å². The number of fused-ring (bicyclic) bond motifs is 1. The Morgan fingerprint density at radius 3 is 2.71 bits per heavy atom. The number of hydrogen-bond donors (Lipinski definition) is 0. The summed E-state index contributed by atoms with van der Waals surface area (Å²) in [6.07, 6.45) is 0.388. The van der Waals surface area contributed by atoms with Gasteiger partial charge in [-0.05, 0) is 37.6 Å². The minimum absolute atomic E-state index is 0.0129. The lowest BCUT2D eigenvalue weighted by molar-refractivity contribution is -0.132. The predicted octanol–water partition coefficient (Wildman–Crippen LogP) is 3.61. The van der Waals surface area contributed by atoms with E-state index in [1.807, 2.05) is 60.4 Å². The van der Waals surface area contributed by atoms with Crippen LogP contribution in [0.25, 0.3) is 0 Å². The van der Waals surface area contributed by atoms with Gasteiger partial charge in [-0.25, -0.2) is 0 Å². The first-order valence-electron chi connectivity index (χ1n) is 8.42. The van der Waals surface area contributed by atoms with Crippen molar-refractivity contribution in [3.05, 3.63) is 59.7 Å². The first-order chi connectivity index (χ1) is 11.7. The molecule has 1 amide bonds. The molecule has 1 aliphatic rings. The molecule has 1 atom stereocenters. The van der Waals surface area contributed by atoms with E-state index in [1.165, 1.54) is 0 Å². The van der Waals surface area contributed by atoms with Crippen LogP contribution in [0.5, 0.6) is 11.5 Å². The summed E-state index contributed by atoms with van der Waals surface area (Å²) in [6, 6.07) is 15.7. The molecule has 0 aromatic heterocycles. The quantitative estimate of drug-likeness (QED) is 0.862. The lowest BCUT2D eigenvalue weighted by Crippen LogP contribution is -2.36. The van der Waals surface area contributed by atoms with E-state index in [4.69, 9.17) is 9.47 Å². The van der Waals surface area contributed by atoms with Crippen molar-refractivity contribution in [2.75, 3.05) is 19.8 Å². The van der Waals surface area contributed by atoms with Crippen molar-refractivity contribution < 1.29 is 14.3 Å². The summed E-state index contributed by atoms with van der Waals surface area (Å²) in [4.78, 5) is 14.7. The van der Waals surface area contributed by atoms with Crippen LogP contribution in [0.4, 0.5) is 0 Å². The molecule has 0 aliphatic carbocycles. The number of para-hydroxylation sites is 1. The molecule has 126 valence electrons. The average Bonchev–Trinajstić information content (AvgIpc) is 2.76. The van der Waals surface area contributed by atoms with Gasteiger partial charge < -0.3 is 14.4 Å². The Hall–Kier alpha value is -2.49. The van der Waals surface area contributed by atoms with E-state index >= 15 is 0 Å². The summed E-state index contributed by atoms with van der Waals surface area (Å²) in [6.45, 7) is 5.78. The molecule has 3 rings (SSSR count). The van der Waals surface area contributed by atoms with E-state index in [1.54, 1.807) is 0 Å². The summed E-state index contributed by atoms with van der Waals surface area (Å²) < 4.78 is 11.2. The van der Waals surface area contributed by atoms with Crippen molar-refractivity contribution in [3.63, 3.8) is 0 Å². The summed E-state index contributed by atoms with van der Waals surface area (Å²) in [5.41, 5.74) is 2.06. The number of hydrogen-bond acceptors (Lipinski definition) is 3. The number of benzene rings is 2. The minimum atomic E-state index is 0.0129. The van der Waals surface area contributed by atoms with E-state index in [-0.39, 0.29) is 11.9 Å². The van der Waals surface area contributed by atoms with Crippen molar-refractivity contribution in [2.24, 2.45) is 0 Å². The Morgan fingerprint density at radius 1 is 1.21 bits per heavy atom. The van der Waals surface area contributed by atoms with E-state index in [2.05, 4.69) is 6.92 Å². The van der Waals surface area contributed by atoms with E-state index in [0.29, 0.717) is 26.2 Å². The molecule has 0 N–H and O–H groups in total. The summed E-state index contributed by atoms with van der Waals surface area (Å²) >= 11 is 0. The number of carbonyl (C=O) groups is 1. The van der Waals surface area contributed by atoms with Crippen LogP contribution >= 0.6 is 0 Å². The molecule has 0 spiro atoms. The lowest BCUT2D eigenvalue weighted by Gasteiger charge is -2.27. The number of amides is 1. The Labute approximate surface area is 143 Å². The third-order valence-electron chi connectivity index (χ3n) is 4.34. The highest BCUT2D eigenvalue weighted by atomic mass is 16.5. The van der Waals surface area contributed by atoms with Gasteiger partial charge in [0.2, 0.25) is 5.91 Å². The molecule has 2 aromatic carbocycles. The average molecular weight is 325 g/mol. The second kappa shape index (κ2) is 7.39. The molecule has 1 unspecified atom stereocenters. The Morgan fingerprint density at radius 2 is 1.96 bits per heavy atom. The van der Waals surface area contributed by atoms with E-state index in [0.717, 1.165) is 22.6 Å². The molecule has 0 radical (unpaired) electrons.